The Labute approximate surface area is 66.0 Å². The first-order valence-corrected chi connectivity index (χ1v) is 4.08. The van der Waals surface area contributed by atoms with Crippen molar-refractivity contribution >= 4 is 11.6 Å². The van der Waals surface area contributed by atoms with E-state index in [-0.39, 0.29) is 5.50 Å². The SMILES string of the molecule is ClC1C=CC=CN1C1CC1. The van der Waals surface area contributed by atoms with Crippen molar-refractivity contribution < 1.29 is 0 Å². The molecule has 1 nitrogen and oxygen atoms in total. The van der Waals surface area contributed by atoms with Gasteiger partial charge in [0.1, 0.15) is 5.50 Å². The van der Waals surface area contributed by atoms with Gasteiger partial charge in [-0.15, -0.1) is 0 Å². The van der Waals surface area contributed by atoms with E-state index in [4.69, 9.17) is 11.6 Å². The van der Waals surface area contributed by atoms with E-state index in [1.807, 2.05) is 18.2 Å². The van der Waals surface area contributed by atoms with Gasteiger partial charge < -0.3 is 4.90 Å². The monoisotopic (exact) mass is 155 g/mol. The highest BCUT2D eigenvalue weighted by atomic mass is 35.5. The number of hydrogen-bond acceptors (Lipinski definition) is 1. The molecule has 1 atom stereocenters. The molecule has 54 valence electrons. The summed E-state index contributed by atoms with van der Waals surface area (Å²) in [4.78, 5) is 2.21. The molecule has 0 saturated heterocycles. The zero-order valence-electron chi connectivity index (χ0n) is 5.70. The maximum absolute atomic E-state index is 6.01. The molecule has 0 N–H and O–H groups in total. The highest BCUT2D eigenvalue weighted by Crippen LogP contribution is 2.31. The van der Waals surface area contributed by atoms with Gasteiger partial charge in [0, 0.05) is 12.2 Å². The number of rotatable bonds is 1. The van der Waals surface area contributed by atoms with E-state index in [0.717, 1.165) is 6.04 Å². The topological polar surface area (TPSA) is 3.24 Å². The van der Waals surface area contributed by atoms with Crippen molar-refractivity contribution in [1.82, 2.24) is 4.90 Å². The summed E-state index contributed by atoms with van der Waals surface area (Å²) in [5, 5.41) is 0. The van der Waals surface area contributed by atoms with E-state index in [1.165, 1.54) is 12.8 Å². The number of nitrogens with zero attached hydrogens (tertiary/aromatic N) is 1. The molecule has 2 aliphatic rings. The molecule has 1 fully saturated rings. The van der Waals surface area contributed by atoms with E-state index in [1.54, 1.807) is 0 Å². The fourth-order valence-corrected chi connectivity index (χ4v) is 1.49. The van der Waals surface area contributed by atoms with Crippen LogP contribution in [-0.2, 0) is 0 Å². The van der Waals surface area contributed by atoms with Gasteiger partial charge in [-0.3, -0.25) is 0 Å². The van der Waals surface area contributed by atoms with Gasteiger partial charge in [-0.2, -0.15) is 0 Å². The summed E-state index contributed by atoms with van der Waals surface area (Å²) in [5.41, 5.74) is 0.0949. The molecule has 0 radical (unpaired) electrons. The van der Waals surface area contributed by atoms with E-state index in [9.17, 15) is 0 Å². The molecule has 1 unspecified atom stereocenters. The van der Waals surface area contributed by atoms with Gasteiger partial charge in [0.25, 0.3) is 0 Å². The summed E-state index contributed by atoms with van der Waals surface area (Å²) in [6, 6.07) is 0.726. The van der Waals surface area contributed by atoms with Crippen molar-refractivity contribution in [2.75, 3.05) is 0 Å². The molecule has 0 aromatic rings. The Morgan fingerprint density at radius 1 is 1.30 bits per heavy atom. The number of halogens is 1. The summed E-state index contributed by atoms with van der Waals surface area (Å²) < 4.78 is 0. The molecule has 10 heavy (non-hydrogen) atoms. The van der Waals surface area contributed by atoms with Gasteiger partial charge in [-0.1, -0.05) is 17.7 Å². The van der Waals surface area contributed by atoms with Crippen molar-refractivity contribution in [3.8, 4) is 0 Å². The Morgan fingerprint density at radius 3 is 2.70 bits per heavy atom. The summed E-state index contributed by atoms with van der Waals surface area (Å²) in [5.74, 6) is 0. The molecule has 1 saturated carbocycles. The molecule has 1 aliphatic carbocycles. The molecule has 0 aromatic carbocycles. The van der Waals surface area contributed by atoms with E-state index < -0.39 is 0 Å². The fraction of sp³-hybridized carbons (Fsp3) is 0.500. The summed E-state index contributed by atoms with van der Waals surface area (Å²) in [6.45, 7) is 0. The van der Waals surface area contributed by atoms with Crippen molar-refractivity contribution in [3.05, 3.63) is 24.4 Å². The quantitative estimate of drug-likeness (QED) is 0.414. The van der Waals surface area contributed by atoms with Crippen LogP contribution in [-0.4, -0.2) is 16.4 Å². The lowest BCUT2D eigenvalue weighted by atomic mass is 10.3. The second-order valence-corrected chi connectivity index (χ2v) is 3.22. The lowest BCUT2D eigenvalue weighted by molar-refractivity contribution is 0.372. The Hall–Kier alpha value is -0.430. The van der Waals surface area contributed by atoms with Crippen molar-refractivity contribution in [3.63, 3.8) is 0 Å². The lowest BCUT2D eigenvalue weighted by Gasteiger charge is -2.25. The largest absolute Gasteiger partial charge is 0.355 e. The van der Waals surface area contributed by atoms with Gasteiger partial charge in [0.05, 0.1) is 0 Å². The molecule has 2 heteroatoms. The maximum atomic E-state index is 6.01. The highest BCUT2D eigenvalue weighted by Gasteiger charge is 2.30. The first kappa shape index (κ1) is 6.29. The number of allylic oxidation sites excluding steroid dienone is 2. The van der Waals surface area contributed by atoms with Crippen LogP contribution in [0.4, 0.5) is 0 Å². The Kier molecular flexibility index (Phi) is 1.46. The molecule has 1 heterocycles. The van der Waals surface area contributed by atoms with Gasteiger partial charge in [0.2, 0.25) is 0 Å². The fourth-order valence-electron chi connectivity index (χ4n) is 1.18. The normalized spacial score (nSPS) is 31.3. The minimum absolute atomic E-state index is 0.0949. The molecule has 0 amide bonds. The van der Waals surface area contributed by atoms with Gasteiger partial charge >= 0.3 is 0 Å². The number of hydrogen-bond donors (Lipinski definition) is 0. The van der Waals surface area contributed by atoms with Crippen molar-refractivity contribution in [2.45, 2.75) is 24.4 Å². The van der Waals surface area contributed by atoms with E-state index in [0.29, 0.717) is 0 Å². The van der Waals surface area contributed by atoms with E-state index >= 15 is 0 Å². The molecular weight excluding hydrogens is 146 g/mol. The van der Waals surface area contributed by atoms with Crippen LogP contribution < -0.4 is 0 Å². The highest BCUT2D eigenvalue weighted by molar-refractivity contribution is 6.21. The zero-order chi connectivity index (χ0) is 6.97. The van der Waals surface area contributed by atoms with Crippen LogP contribution in [0.1, 0.15) is 12.8 Å². The predicted octanol–water partition coefficient (Wildman–Crippen LogP) is 2.10. The molecule has 0 bridgehead atoms. The molecular formula is C8H10ClN. The average molecular weight is 156 g/mol. The maximum Gasteiger partial charge on any atom is 0.123 e. The predicted molar refractivity (Wildman–Crippen MR) is 42.8 cm³/mol. The molecule has 1 aliphatic heterocycles. The summed E-state index contributed by atoms with van der Waals surface area (Å²) >= 11 is 6.01. The van der Waals surface area contributed by atoms with Crippen LogP contribution in [0.2, 0.25) is 0 Å². The summed E-state index contributed by atoms with van der Waals surface area (Å²) in [6.07, 6.45) is 10.7. The average Bonchev–Trinajstić information content (AvgIpc) is 2.71. The standard InChI is InChI=1S/C8H10ClN/c9-8-3-1-2-6-10(8)7-4-5-7/h1-3,6-8H,4-5H2. The first-order chi connectivity index (χ1) is 4.88. The second kappa shape index (κ2) is 2.31. The molecule has 0 aromatic heterocycles. The van der Waals surface area contributed by atoms with Crippen LogP contribution in [0, 0.1) is 0 Å². The first-order valence-electron chi connectivity index (χ1n) is 3.64. The van der Waals surface area contributed by atoms with Crippen LogP contribution in [0.15, 0.2) is 24.4 Å². The van der Waals surface area contributed by atoms with Crippen LogP contribution in [0.3, 0.4) is 0 Å². The smallest absolute Gasteiger partial charge is 0.123 e. The third kappa shape index (κ3) is 1.06. The minimum Gasteiger partial charge on any atom is -0.355 e. The van der Waals surface area contributed by atoms with Crippen LogP contribution in [0.25, 0.3) is 0 Å². The lowest BCUT2D eigenvalue weighted by Crippen LogP contribution is -2.27. The van der Waals surface area contributed by atoms with Gasteiger partial charge in [-0.05, 0) is 25.0 Å². The van der Waals surface area contributed by atoms with Crippen LogP contribution in [0.5, 0.6) is 0 Å². The Bertz CT molecular complexity index is 182. The van der Waals surface area contributed by atoms with Crippen LogP contribution >= 0.6 is 11.6 Å². The van der Waals surface area contributed by atoms with Crippen molar-refractivity contribution in [1.29, 1.82) is 0 Å². The zero-order valence-corrected chi connectivity index (χ0v) is 6.46. The Balaban J connectivity index is 2.06. The third-order valence-corrected chi connectivity index (χ3v) is 2.26. The van der Waals surface area contributed by atoms with E-state index in [2.05, 4.69) is 11.1 Å². The number of alkyl halides is 1. The minimum atomic E-state index is 0.0949. The molecule has 0 spiro atoms. The Morgan fingerprint density at radius 2 is 2.10 bits per heavy atom. The summed E-state index contributed by atoms with van der Waals surface area (Å²) in [7, 11) is 0. The van der Waals surface area contributed by atoms with Gasteiger partial charge in [-0.25, -0.2) is 0 Å². The second-order valence-electron chi connectivity index (χ2n) is 2.78. The molecule has 2 rings (SSSR count). The third-order valence-electron chi connectivity index (χ3n) is 1.89. The van der Waals surface area contributed by atoms with Crippen molar-refractivity contribution in [2.24, 2.45) is 0 Å². The van der Waals surface area contributed by atoms with Gasteiger partial charge in [0.15, 0.2) is 0 Å².